The van der Waals surface area contributed by atoms with Crippen LogP contribution < -0.4 is 5.32 Å². The Hall–Kier alpha value is -0.380. The summed E-state index contributed by atoms with van der Waals surface area (Å²) in [6.45, 7) is 3.28. The van der Waals surface area contributed by atoms with Gasteiger partial charge in [-0.25, -0.2) is 0 Å². The maximum atomic E-state index is 3.65. The van der Waals surface area contributed by atoms with E-state index in [1.54, 1.807) is 0 Å². The molecule has 1 fully saturated rings. The Bertz CT molecular complexity index is 453. The first-order valence-corrected chi connectivity index (χ1v) is 8.26. The van der Waals surface area contributed by atoms with Crippen molar-refractivity contribution in [2.24, 2.45) is 5.92 Å². The fourth-order valence-corrected chi connectivity index (χ4v) is 4.59. The Labute approximate surface area is 111 Å². The molecule has 92 valence electrons. The van der Waals surface area contributed by atoms with Crippen molar-refractivity contribution in [3.05, 3.63) is 22.4 Å². The molecular formula is C14H19NS2. The molecule has 2 heterocycles. The number of hydrogen-bond donors (Lipinski definition) is 1. The van der Waals surface area contributed by atoms with Gasteiger partial charge in [0.05, 0.1) is 0 Å². The van der Waals surface area contributed by atoms with E-state index in [4.69, 9.17) is 0 Å². The molecule has 0 amide bonds. The fraction of sp³-hybridized carbons (Fsp3) is 0.571. The molecule has 2 aromatic rings. The molecule has 2 aromatic heterocycles. The highest BCUT2D eigenvalue weighted by Gasteiger charge is 2.23. The third kappa shape index (κ3) is 2.72. The topological polar surface area (TPSA) is 12.0 Å². The summed E-state index contributed by atoms with van der Waals surface area (Å²) < 4.78 is 2.92. The quantitative estimate of drug-likeness (QED) is 0.791. The van der Waals surface area contributed by atoms with Crippen LogP contribution in [-0.2, 0) is 0 Å². The maximum absolute atomic E-state index is 3.65. The summed E-state index contributed by atoms with van der Waals surface area (Å²) in [5.41, 5.74) is 0. The van der Waals surface area contributed by atoms with Crippen molar-refractivity contribution in [2.75, 3.05) is 6.54 Å². The Balaban J connectivity index is 1.73. The molecule has 1 aliphatic rings. The van der Waals surface area contributed by atoms with Crippen molar-refractivity contribution in [3.8, 4) is 0 Å². The van der Waals surface area contributed by atoms with Gasteiger partial charge in [0.1, 0.15) is 0 Å². The van der Waals surface area contributed by atoms with Gasteiger partial charge >= 0.3 is 0 Å². The fourth-order valence-electron chi connectivity index (χ4n) is 2.36. The summed E-state index contributed by atoms with van der Waals surface area (Å²) in [4.78, 5) is 1.54. The van der Waals surface area contributed by atoms with Gasteiger partial charge in [-0.1, -0.05) is 19.8 Å². The van der Waals surface area contributed by atoms with Crippen LogP contribution in [0.4, 0.5) is 0 Å². The van der Waals surface area contributed by atoms with E-state index in [1.807, 2.05) is 22.7 Å². The Morgan fingerprint density at radius 2 is 2.29 bits per heavy atom. The highest BCUT2D eigenvalue weighted by Crippen LogP contribution is 2.39. The van der Waals surface area contributed by atoms with E-state index in [2.05, 4.69) is 29.8 Å². The molecule has 0 bridgehead atoms. The summed E-state index contributed by atoms with van der Waals surface area (Å²) in [5, 5.41) is 5.84. The Morgan fingerprint density at radius 3 is 3.00 bits per heavy atom. The van der Waals surface area contributed by atoms with Crippen LogP contribution in [-0.4, -0.2) is 6.54 Å². The number of fused-ring (bicyclic) bond motifs is 1. The van der Waals surface area contributed by atoms with Crippen LogP contribution in [0.2, 0.25) is 0 Å². The first-order chi connectivity index (χ1) is 8.36. The molecule has 0 spiro atoms. The molecule has 1 N–H and O–H groups in total. The first-order valence-electron chi connectivity index (χ1n) is 6.57. The van der Waals surface area contributed by atoms with Gasteiger partial charge in [0.15, 0.2) is 0 Å². The van der Waals surface area contributed by atoms with Gasteiger partial charge in [-0.3, -0.25) is 0 Å². The molecule has 0 radical (unpaired) electrons. The zero-order chi connectivity index (χ0) is 11.7. The molecule has 0 aromatic carbocycles. The lowest BCUT2D eigenvalue weighted by atomic mass is 10.1. The zero-order valence-corrected chi connectivity index (χ0v) is 11.9. The van der Waals surface area contributed by atoms with Gasteiger partial charge < -0.3 is 5.32 Å². The summed E-state index contributed by atoms with van der Waals surface area (Å²) in [6, 6.07) is 5.23. The van der Waals surface area contributed by atoms with Crippen LogP contribution in [0.25, 0.3) is 9.40 Å². The van der Waals surface area contributed by atoms with E-state index in [9.17, 15) is 0 Å². The van der Waals surface area contributed by atoms with Gasteiger partial charge in [0.2, 0.25) is 0 Å². The predicted molar refractivity (Wildman–Crippen MR) is 78.1 cm³/mol. The van der Waals surface area contributed by atoms with Crippen molar-refractivity contribution in [1.29, 1.82) is 0 Å². The normalized spacial score (nSPS) is 17.7. The minimum Gasteiger partial charge on any atom is -0.310 e. The zero-order valence-electron chi connectivity index (χ0n) is 10.2. The van der Waals surface area contributed by atoms with E-state index >= 15 is 0 Å². The third-order valence-electron chi connectivity index (χ3n) is 3.51. The molecule has 3 heteroatoms. The van der Waals surface area contributed by atoms with Gasteiger partial charge in [-0.15, -0.1) is 22.7 Å². The lowest BCUT2D eigenvalue weighted by molar-refractivity contribution is 0.488. The molecule has 1 atom stereocenters. The van der Waals surface area contributed by atoms with Gasteiger partial charge in [0, 0.05) is 20.3 Å². The van der Waals surface area contributed by atoms with Crippen molar-refractivity contribution in [1.82, 2.24) is 5.32 Å². The molecule has 17 heavy (non-hydrogen) atoms. The van der Waals surface area contributed by atoms with E-state index in [0.717, 1.165) is 12.5 Å². The molecule has 0 saturated heterocycles. The van der Waals surface area contributed by atoms with E-state index in [-0.39, 0.29) is 0 Å². The molecule has 3 rings (SSSR count). The molecule has 1 aliphatic carbocycles. The molecule has 1 nitrogen and oxygen atoms in total. The average molecular weight is 265 g/mol. The van der Waals surface area contributed by atoms with Crippen LogP contribution in [0.1, 0.15) is 43.5 Å². The highest BCUT2D eigenvalue weighted by molar-refractivity contribution is 7.26. The summed E-state index contributed by atoms with van der Waals surface area (Å²) >= 11 is 3.84. The van der Waals surface area contributed by atoms with Crippen LogP contribution in [0.3, 0.4) is 0 Å². The second-order valence-electron chi connectivity index (χ2n) is 4.93. The highest BCUT2D eigenvalue weighted by atomic mass is 32.1. The number of nitrogens with one attached hydrogen (secondary N) is 1. The molecule has 1 saturated carbocycles. The average Bonchev–Trinajstić information content (AvgIpc) is 2.89. The van der Waals surface area contributed by atoms with E-state index in [1.165, 1.54) is 40.0 Å². The standard InChI is InChI=1S/C14H19NS2/c1-2-15-11(6-5-10-3-4-10)13-9-14-12(17-13)7-8-16-14/h7-11,15H,2-6H2,1H3. The minimum atomic E-state index is 0.588. The third-order valence-corrected chi connectivity index (χ3v) is 5.72. The summed E-state index contributed by atoms with van der Waals surface area (Å²) in [6.07, 6.45) is 5.66. The molecular weight excluding hydrogens is 246 g/mol. The second-order valence-corrected chi connectivity index (χ2v) is 6.99. The predicted octanol–water partition coefficient (Wildman–Crippen LogP) is 4.80. The van der Waals surface area contributed by atoms with Crippen LogP contribution >= 0.6 is 22.7 Å². The maximum Gasteiger partial charge on any atom is 0.0454 e. The molecule has 1 unspecified atom stereocenters. The second kappa shape index (κ2) is 5.09. The van der Waals surface area contributed by atoms with E-state index in [0.29, 0.717) is 6.04 Å². The number of thiophene rings is 2. The largest absolute Gasteiger partial charge is 0.310 e. The lowest BCUT2D eigenvalue weighted by Crippen LogP contribution is -2.20. The summed E-state index contributed by atoms with van der Waals surface area (Å²) in [5.74, 6) is 1.04. The number of hydrogen-bond acceptors (Lipinski definition) is 3. The van der Waals surface area contributed by atoms with Gasteiger partial charge in [-0.2, -0.15) is 0 Å². The van der Waals surface area contributed by atoms with Gasteiger partial charge in [-0.05, 0) is 42.8 Å². The molecule has 0 aliphatic heterocycles. The van der Waals surface area contributed by atoms with Crippen LogP contribution in [0, 0.1) is 5.92 Å². The Kier molecular flexibility index (Phi) is 3.50. The van der Waals surface area contributed by atoms with E-state index < -0.39 is 0 Å². The monoisotopic (exact) mass is 265 g/mol. The van der Waals surface area contributed by atoms with Crippen molar-refractivity contribution >= 4 is 32.1 Å². The SMILES string of the molecule is CCNC(CCC1CC1)c1cc2sccc2s1. The minimum absolute atomic E-state index is 0.588. The van der Waals surface area contributed by atoms with Crippen molar-refractivity contribution in [3.63, 3.8) is 0 Å². The smallest absolute Gasteiger partial charge is 0.0454 e. The van der Waals surface area contributed by atoms with Crippen LogP contribution in [0.5, 0.6) is 0 Å². The van der Waals surface area contributed by atoms with Gasteiger partial charge in [0.25, 0.3) is 0 Å². The Morgan fingerprint density at radius 1 is 1.41 bits per heavy atom. The van der Waals surface area contributed by atoms with Crippen molar-refractivity contribution < 1.29 is 0 Å². The van der Waals surface area contributed by atoms with Crippen molar-refractivity contribution in [2.45, 2.75) is 38.6 Å². The van der Waals surface area contributed by atoms with Crippen LogP contribution in [0.15, 0.2) is 17.5 Å². The summed E-state index contributed by atoms with van der Waals surface area (Å²) in [7, 11) is 0. The lowest BCUT2D eigenvalue weighted by Gasteiger charge is -2.15. The number of rotatable bonds is 6. The first kappa shape index (κ1) is 11.7.